The first-order chi connectivity index (χ1) is 9.63. The molecule has 0 saturated carbocycles. The van der Waals surface area contributed by atoms with Crippen LogP contribution in [0.5, 0.6) is 0 Å². The quantitative estimate of drug-likeness (QED) is 0.887. The smallest absolute Gasteiger partial charge is 0.221 e. The molecule has 2 N–H and O–H groups in total. The summed E-state index contributed by atoms with van der Waals surface area (Å²) in [6.07, 6.45) is 2.53. The molecule has 0 unspecified atom stereocenters. The number of pyridine rings is 1. The molecule has 104 valence electrons. The van der Waals surface area contributed by atoms with Gasteiger partial charge in [0.05, 0.1) is 11.9 Å². The molecule has 2 aromatic rings. The van der Waals surface area contributed by atoms with Crippen LogP contribution < -0.4 is 10.6 Å². The van der Waals surface area contributed by atoms with Crippen molar-refractivity contribution >= 4 is 29.0 Å². The van der Waals surface area contributed by atoms with Gasteiger partial charge in [0.15, 0.2) is 0 Å². The number of benzene rings is 1. The van der Waals surface area contributed by atoms with Crippen LogP contribution in [0.1, 0.15) is 12.5 Å². The first-order valence-corrected chi connectivity index (χ1v) is 6.73. The van der Waals surface area contributed by atoms with E-state index < -0.39 is 0 Å². The highest BCUT2D eigenvalue weighted by atomic mass is 35.5. The van der Waals surface area contributed by atoms with E-state index in [4.69, 9.17) is 11.6 Å². The number of hydrogen-bond donors (Lipinski definition) is 2. The predicted molar refractivity (Wildman–Crippen MR) is 82.2 cm³/mol. The maximum Gasteiger partial charge on any atom is 0.221 e. The summed E-state index contributed by atoms with van der Waals surface area (Å²) in [6, 6.07) is 11.5. The Hall–Kier alpha value is -2.07. The minimum atomic E-state index is -0.102. The average Bonchev–Trinajstić information content (AvgIpc) is 2.42. The molecule has 20 heavy (non-hydrogen) atoms. The summed E-state index contributed by atoms with van der Waals surface area (Å²) >= 11 is 5.84. The molecular weight excluding hydrogens is 274 g/mol. The van der Waals surface area contributed by atoms with Gasteiger partial charge in [0.1, 0.15) is 5.82 Å². The van der Waals surface area contributed by atoms with Crippen molar-refractivity contribution in [1.82, 2.24) is 4.98 Å². The van der Waals surface area contributed by atoms with Gasteiger partial charge >= 0.3 is 0 Å². The fourth-order valence-electron chi connectivity index (χ4n) is 1.76. The van der Waals surface area contributed by atoms with E-state index in [2.05, 4.69) is 15.6 Å². The maximum absolute atomic E-state index is 10.9. The highest BCUT2D eigenvalue weighted by Gasteiger charge is 1.98. The van der Waals surface area contributed by atoms with Crippen LogP contribution in [0.2, 0.25) is 5.02 Å². The summed E-state index contributed by atoms with van der Waals surface area (Å²) in [6.45, 7) is 2.26. The largest absolute Gasteiger partial charge is 0.370 e. The molecule has 0 fully saturated rings. The number of hydrogen-bond acceptors (Lipinski definition) is 3. The van der Waals surface area contributed by atoms with Gasteiger partial charge in [-0.15, -0.1) is 0 Å². The summed E-state index contributed by atoms with van der Waals surface area (Å²) in [5.41, 5.74) is 1.91. The topological polar surface area (TPSA) is 54.0 Å². The number of aromatic nitrogens is 1. The Kier molecular flexibility index (Phi) is 4.96. The lowest BCUT2D eigenvalue weighted by molar-refractivity contribution is -0.114. The van der Waals surface area contributed by atoms with Crippen LogP contribution in [0.3, 0.4) is 0 Å². The van der Waals surface area contributed by atoms with Crippen LogP contribution in [0, 0.1) is 0 Å². The summed E-state index contributed by atoms with van der Waals surface area (Å²) in [5.74, 6) is 0.684. The lowest BCUT2D eigenvalue weighted by atomic mass is 10.1. The van der Waals surface area contributed by atoms with Crippen LogP contribution in [0.4, 0.5) is 11.5 Å². The van der Waals surface area contributed by atoms with E-state index in [1.165, 1.54) is 12.5 Å². The standard InChI is InChI=1S/C15H16ClN3O/c1-11(20)19-14-6-7-15(18-10-14)17-9-8-12-2-4-13(16)5-3-12/h2-7,10H,8-9H2,1H3,(H,17,18)(H,19,20). The van der Waals surface area contributed by atoms with Crippen molar-refractivity contribution in [3.63, 3.8) is 0 Å². The molecule has 0 spiro atoms. The molecule has 1 aromatic carbocycles. The molecule has 0 radical (unpaired) electrons. The number of nitrogens with one attached hydrogen (secondary N) is 2. The zero-order chi connectivity index (χ0) is 14.4. The van der Waals surface area contributed by atoms with E-state index in [0.717, 1.165) is 23.8 Å². The van der Waals surface area contributed by atoms with Crippen molar-refractivity contribution in [1.29, 1.82) is 0 Å². The number of nitrogens with zero attached hydrogens (tertiary/aromatic N) is 1. The van der Waals surface area contributed by atoms with Crippen LogP contribution in [0.25, 0.3) is 0 Å². The van der Waals surface area contributed by atoms with Gasteiger partial charge < -0.3 is 10.6 Å². The molecule has 2 rings (SSSR count). The zero-order valence-corrected chi connectivity index (χ0v) is 11.9. The zero-order valence-electron chi connectivity index (χ0n) is 11.2. The summed E-state index contributed by atoms with van der Waals surface area (Å²) < 4.78 is 0. The van der Waals surface area contributed by atoms with Crippen molar-refractivity contribution in [2.24, 2.45) is 0 Å². The normalized spacial score (nSPS) is 10.1. The van der Waals surface area contributed by atoms with Crippen molar-refractivity contribution < 1.29 is 4.79 Å². The summed E-state index contributed by atoms with van der Waals surface area (Å²) in [4.78, 5) is 15.1. The third-order valence-electron chi connectivity index (χ3n) is 2.72. The van der Waals surface area contributed by atoms with Gasteiger partial charge in [-0.25, -0.2) is 4.98 Å². The Balaban J connectivity index is 1.82. The molecule has 0 aliphatic rings. The molecule has 1 amide bonds. The Morgan fingerprint density at radius 3 is 2.55 bits per heavy atom. The highest BCUT2D eigenvalue weighted by molar-refractivity contribution is 6.30. The van der Waals surface area contributed by atoms with Gasteiger partial charge in [-0.1, -0.05) is 23.7 Å². The molecule has 0 aliphatic carbocycles. The number of anilines is 2. The Bertz CT molecular complexity index is 567. The molecule has 4 nitrogen and oxygen atoms in total. The molecule has 1 heterocycles. The van der Waals surface area contributed by atoms with E-state index in [-0.39, 0.29) is 5.91 Å². The number of carbonyl (C=O) groups is 1. The van der Waals surface area contributed by atoms with Crippen molar-refractivity contribution in [3.05, 3.63) is 53.2 Å². The second kappa shape index (κ2) is 6.91. The first kappa shape index (κ1) is 14.3. The van der Waals surface area contributed by atoms with Gasteiger partial charge in [-0.3, -0.25) is 4.79 Å². The lowest BCUT2D eigenvalue weighted by Gasteiger charge is -2.07. The molecule has 5 heteroatoms. The third-order valence-corrected chi connectivity index (χ3v) is 2.97. The fraction of sp³-hybridized carbons (Fsp3) is 0.200. The summed E-state index contributed by atoms with van der Waals surface area (Å²) in [7, 11) is 0. The molecule has 0 atom stereocenters. The molecule has 1 aromatic heterocycles. The van der Waals surface area contributed by atoms with Crippen molar-refractivity contribution in [3.8, 4) is 0 Å². The SMILES string of the molecule is CC(=O)Nc1ccc(NCCc2ccc(Cl)cc2)nc1. The number of halogens is 1. The van der Waals surface area contributed by atoms with Crippen molar-refractivity contribution in [2.45, 2.75) is 13.3 Å². The molecule has 0 saturated heterocycles. The first-order valence-electron chi connectivity index (χ1n) is 6.35. The van der Waals surface area contributed by atoms with Crippen LogP contribution in [-0.2, 0) is 11.2 Å². The van der Waals surface area contributed by atoms with E-state index in [1.807, 2.05) is 36.4 Å². The number of carbonyl (C=O) groups excluding carboxylic acids is 1. The van der Waals surface area contributed by atoms with Crippen LogP contribution in [0.15, 0.2) is 42.6 Å². The van der Waals surface area contributed by atoms with Gasteiger partial charge in [-0.05, 0) is 36.2 Å². The molecule has 0 bridgehead atoms. The second-order valence-electron chi connectivity index (χ2n) is 4.42. The fourth-order valence-corrected chi connectivity index (χ4v) is 1.89. The maximum atomic E-state index is 10.9. The Morgan fingerprint density at radius 2 is 1.95 bits per heavy atom. The Morgan fingerprint density at radius 1 is 1.20 bits per heavy atom. The highest BCUT2D eigenvalue weighted by Crippen LogP contribution is 2.11. The van der Waals surface area contributed by atoms with Crippen molar-refractivity contribution in [2.75, 3.05) is 17.2 Å². The van der Waals surface area contributed by atoms with Gasteiger partial charge in [0.25, 0.3) is 0 Å². The second-order valence-corrected chi connectivity index (χ2v) is 4.85. The number of amides is 1. The third kappa shape index (κ3) is 4.55. The van der Waals surface area contributed by atoms with Gasteiger partial charge in [0.2, 0.25) is 5.91 Å². The summed E-state index contributed by atoms with van der Waals surface area (Å²) in [5, 5.41) is 6.66. The minimum absolute atomic E-state index is 0.102. The lowest BCUT2D eigenvalue weighted by Crippen LogP contribution is -2.08. The van der Waals surface area contributed by atoms with Gasteiger partial charge in [-0.2, -0.15) is 0 Å². The van der Waals surface area contributed by atoms with Gasteiger partial charge in [0, 0.05) is 18.5 Å². The Labute approximate surface area is 123 Å². The van der Waals surface area contributed by atoms with Crippen LogP contribution in [-0.4, -0.2) is 17.4 Å². The average molecular weight is 290 g/mol. The van der Waals surface area contributed by atoms with E-state index in [0.29, 0.717) is 5.69 Å². The van der Waals surface area contributed by atoms with Crippen LogP contribution >= 0.6 is 11.6 Å². The van der Waals surface area contributed by atoms with E-state index in [1.54, 1.807) is 6.20 Å². The molecular formula is C15H16ClN3O. The number of rotatable bonds is 5. The molecule has 0 aliphatic heterocycles. The van der Waals surface area contributed by atoms with E-state index in [9.17, 15) is 4.79 Å². The van der Waals surface area contributed by atoms with E-state index >= 15 is 0 Å². The minimum Gasteiger partial charge on any atom is -0.370 e. The predicted octanol–water partition coefficient (Wildman–Crippen LogP) is 3.35. The monoisotopic (exact) mass is 289 g/mol.